The number of amides is 2. The first-order chi connectivity index (χ1) is 20.2. The summed E-state index contributed by atoms with van der Waals surface area (Å²) in [4.78, 5) is 30.7. The standard InChI is InChI=1S/C29H32F3N5O5S/c1-4-18-13-21(7-8-24(18)42-12-11-34-9-10-35(27(40)41)16-22(34)17-38)37-26(43)36(25(39)28(37,2)3)20-6-5-19(15-33)23(14-20)29(30,31)32/h5-8,13-14,22,38H,4,9-12,16-17H2,1-3H3,(H,40,41). The van der Waals surface area contributed by atoms with E-state index in [9.17, 15) is 33.0 Å². The number of anilines is 2. The zero-order valence-corrected chi connectivity index (χ0v) is 24.7. The van der Waals surface area contributed by atoms with Crippen molar-refractivity contribution < 1.29 is 37.7 Å². The number of hydrogen-bond acceptors (Lipinski definition) is 7. The van der Waals surface area contributed by atoms with Crippen molar-refractivity contribution in [3.63, 3.8) is 0 Å². The highest BCUT2D eigenvalue weighted by atomic mass is 32.1. The van der Waals surface area contributed by atoms with Crippen LogP contribution in [0.1, 0.15) is 37.5 Å². The molecule has 14 heteroatoms. The van der Waals surface area contributed by atoms with E-state index in [1.54, 1.807) is 30.9 Å². The van der Waals surface area contributed by atoms with Crippen LogP contribution in [-0.2, 0) is 17.4 Å². The lowest BCUT2D eigenvalue weighted by molar-refractivity contribution is -0.137. The number of carbonyl (C=O) groups excluding carboxylic acids is 1. The quantitative estimate of drug-likeness (QED) is 0.421. The SMILES string of the molecule is CCc1cc(N2C(=S)N(c3ccc(C#N)c(C(F)(F)F)c3)C(=O)C2(C)C)ccc1OCCN1CCN(C(=O)O)CC1CO. The average Bonchev–Trinajstić information content (AvgIpc) is 3.14. The van der Waals surface area contributed by atoms with Gasteiger partial charge in [-0.25, -0.2) is 4.79 Å². The maximum atomic E-state index is 13.6. The van der Waals surface area contributed by atoms with Gasteiger partial charge in [-0.2, -0.15) is 18.4 Å². The third-order valence-electron chi connectivity index (χ3n) is 7.76. The van der Waals surface area contributed by atoms with Crippen LogP contribution in [0.4, 0.5) is 29.3 Å². The van der Waals surface area contributed by atoms with Crippen LogP contribution in [0.5, 0.6) is 5.75 Å². The molecule has 43 heavy (non-hydrogen) atoms. The lowest BCUT2D eigenvalue weighted by Crippen LogP contribution is -2.56. The topological polar surface area (TPSA) is 121 Å². The molecule has 2 saturated heterocycles. The van der Waals surface area contributed by atoms with Crippen molar-refractivity contribution in [2.24, 2.45) is 0 Å². The average molecular weight is 620 g/mol. The van der Waals surface area contributed by atoms with Gasteiger partial charge in [-0.1, -0.05) is 6.92 Å². The fourth-order valence-corrected chi connectivity index (χ4v) is 5.91. The fourth-order valence-electron chi connectivity index (χ4n) is 5.39. The van der Waals surface area contributed by atoms with Gasteiger partial charge in [0.1, 0.15) is 17.9 Å². The largest absolute Gasteiger partial charge is 0.492 e. The number of carboxylic acid groups (broad SMARTS) is 1. The van der Waals surface area contributed by atoms with Gasteiger partial charge in [-0.3, -0.25) is 14.6 Å². The Morgan fingerprint density at radius 1 is 1.19 bits per heavy atom. The summed E-state index contributed by atoms with van der Waals surface area (Å²) in [6.07, 6.45) is -5.24. The van der Waals surface area contributed by atoms with Crippen LogP contribution in [0.2, 0.25) is 0 Å². The number of aliphatic hydroxyl groups excluding tert-OH is 1. The van der Waals surface area contributed by atoms with E-state index in [0.717, 1.165) is 22.6 Å². The van der Waals surface area contributed by atoms with Crippen molar-refractivity contribution in [3.8, 4) is 11.8 Å². The summed E-state index contributed by atoms with van der Waals surface area (Å²) in [6.45, 7) is 6.79. The number of nitrogens with zero attached hydrogens (tertiary/aromatic N) is 5. The number of benzene rings is 2. The Labute approximate surface area is 252 Å². The van der Waals surface area contributed by atoms with Crippen LogP contribution >= 0.6 is 12.2 Å². The lowest BCUT2D eigenvalue weighted by Gasteiger charge is -2.39. The fraction of sp³-hybridized carbons (Fsp3) is 0.448. The van der Waals surface area contributed by atoms with E-state index in [1.807, 2.05) is 17.9 Å². The molecular formula is C29H32F3N5O5S. The van der Waals surface area contributed by atoms with Crippen molar-refractivity contribution in [3.05, 3.63) is 53.1 Å². The van der Waals surface area contributed by atoms with Gasteiger partial charge >= 0.3 is 12.3 Å². The van der Waals surface area contributed by atoms with Crippen LogP contribution in [0.15, 0.2) is 36.4 Å². The van der Waals surface area contributed by atoms with Crippen LogP contribution in [0, 0.1) is 11.3 Å². The molecule has 2 aromatic carbocycles. The molecule has 0 saturated carbocycles. The minimum atomic E-state index is -4.79. The summed E-state index contributed by atoms with van der Waals surface area (Å²) in [7, 11) is 0. The molecule has 0 spiro atoms. The zero-order valence-electron chi connectivity index (χ0n) is 23.9. The maximum Gasteiger partial charge on any atom is 0.417 e. The molecule has 2 amide bonds. The van der Waals surface area contributed by atoms with Crippen molar-refractivity contribution >= 4 is 40.7 Å². The first-order valence-corrected chi connectivity index (χ1v) is 14.0. The Kier molecular flexibility index (Phi) is 9.19. The van der Waals surface area contributed by atoms with E-state index in [2.05, 4.69) is 0 Å². The highest BCUT2D eigenvalue weighted by molar-refractivity contribution is 7.81. The van der Waals surface area contributed by atoms with E-state index < -0.39 is 34.8 Å². The smallest absolute Gasteiger partial charge is 0.417 e. The molecule has 2 aromatic rings. The number of nitriles is 1. The van der Waals surface area contributed by atoms with Crippen LogP contribution in [-0.4, -0.2) is 88.1 Å². The van der Waals surface area contributed by atoms with Gasteiger partial charge in [0.25, 0.3) is 5.91 Å². The van der Waals surface area contributed by atoms with Crippen LogP contribution in [0.3, 0.4) is 0 Å². The second-order valence-corrected chi connectivity index (χ2v) is 11.1. The summed E-state index contributed by atoms with van der Waals surface area (Å²) < 4.78 is 47.0. The van der Waals surface area contributed by atoms with E-state index in [0.29, 0.717) is 37.5 Å². The lowest BCUT2D eigenvalue weighted by atomic mass is 10.0. The van der Waals surface area contributed by atoms with Gasteiger partial charge in [0.15, 0.2) is 5.11 Å². The van der Waals surface area contributed by atoms with E-state index >= 15 is 0 Å². The van der Waals surface area contributed by atoms with Gasteiger partial charge in [0, 0.05) is 31.9 Å². The first-order valence-electron chi connectivity index (χ1n) is 13.6. The molecule has 1 atom stereocenters. The summed E-state index contributed by atoms with van der Waals surface area (Å²) in [5.74, 6) is 0.0825. The Morgan fingerprint density at radius 3 is 2.49 bits per heavy atom. The van der Waals surface area contributed by atoms with Gasteiger partial charge in [-0.05, 0) is 74.4 Å². The van der Waals surface area contributed by atoms with Crippen molar-refractivity contribution in [1.82, 2.24) is 9.80 Å². The summed E-state index contributed by atoms with van der Waals surface area (Å²) in [5.41, 5.74) is -1.64. The molecule has 0 aromatic heterocycles. The molecule has 0 bridgehead atoms. The first kappa shape index (κ1) is 32.0. The number of hydrogen-bond donors (Lipinski definition) is 2. The van der Waals surface area contributed by atoms with Crippen molar-refractivity contribution in [2.75, 3.05) is 49.2 Å². The van der Waals surface area contributed by atoms with Gasteiger partial charge in [-0.15, -0.1) is 0 Å². The summed E-state index contributed by atoms with van der Waals surface area (Å²) in [6, 6.07) is 9.56. The van der Waals surface area contributed by atoms with E-state index in [4.69, 9.17) is 22.2 Å². The molecule has 10 nitrogen and oxygen atoms in total. The molecule has 2 N–H and O–H groups in total. The molecular weight excluding hydrogens is 587 g/mol. The Bertz CT molecular complexity index is 1460. The predicted molar refractivity (Wildman–Crippen MR) is 156 cm³/mol. The zero-order chi connectivity index (χ0) is 31.7. The summed E-state index contributed by atoms with van der Waals surface area (Å²) >= 11 is 5.64. The molecule has 230 valence electrons. The number of thiocarbonyl (C=S) groups is 1. The number of aliphatic hydroxyl groups is 1. The molecule has 2 aliphatic rings. The number of carbonyl (C=O) groups is 2. The van der Waals surface area contributed by atoms with Crippen LogP contribution < -0.4 is 14.5 Å². The number of piperazine rings is 1. The van der Waals surface area contributed by atoms with Crippen molar-refractivity contribution in [1.29, 1.82) is 5.26 Å². The third kappa shape index (κ3) is 6.24. The van der Waals surface area contributed by atoms with E-state index in [1.165, 1.54) is 17.0 Å². The number of ether oxygens (including phenoxy) is 1. The molecule has 4 rings (SSSR count). The molecule has 2 heterocycles. The number of rotatable bonds is 8. The molecule has 0 aliphatic carbocycles. The molecule has 0 radical (unpaired) electrons. The van der Waals surface area contributed by atoms with Crippen molar-refractivity contribution in [2.45, 2.75) is 44.9 Å². The molecule has 1 unspecified atom stereocenters. The highest BCUT2D eigenvalue weighted by Gasteiger charge is 2.51. The number of alkyl halides is 3. The monoisotopic (exact) mass is 619 g/mol. The normalized spacial score (nSPS) is 19.1. The van der Waals surface area contributed by atoms with Gasteiger partial charge in [0.2, 0.25) is 0 Å². The number of halogens is 3. The molecule has 2 aliphatic heterocycles. The third-order valence-corrected chi connectivity index (χ3v) is 8.13. The maximum absolute atomic E-state index is 13.6. The minimum absolute atomic E-state index is 0.000831. The Balaban J connectivity index is 1.53. The minimum Gasteiger partial charge on any atom is -0.492 e. The second-order valence-electron chi connectivity index (χ2n) is 10.8. The predicted octanol–water partition coefficient (Wildman–Crippen LogP) is 4.09. The Morgan fingerprint density at radius 2 is 1.88 bits per heavy atom. The van der Waals surface area contributed by atoms with Gasteiger partial charge < -0.3 is 24.7 Å². The second kappa shape index (κ2) is 12.4. The molecule has 2 fully saturated rings. The van der Waals surface area contributed by atoms with Crippen LogP contribution in [0.25, 0.3) is 0 Å². The summed E-state index contributed by atoms with van der Waals surface area (Å²) in [5, 5.41) is 28.1. The van der Waals surface area contributed by atoms with Gasteiger partial charge in [0.05, 0.1) is 35.5 Å². The highest BCUT2D eigenvalue weighted by Crippen LogP contribution is 2.40. The number of aryl methyl sites for hydroxylation is 1. The van der Waals surface area contributed by atoms with E-state index in [-0.39, 0.29) is 36.6 Å². The Hall–Kier alpha value is -3.93.